The third-order valence-corrected chi connectivity index (χ3v) is 8.60. The lowest BCUT2D eigenvalue weighted by Gasteiger charge is -2.35. The number of Topliss-reactive ketones (excluding diaryl/α,β-unsaturated/α-hetero) is 2. The van der Waals surface area contributed by atoms with Gasteiger partial charge in [0.25, 0.3) is 0 Å². The number of aromatic nitrogens is 1. The molecule has 1 fully saturated rings. The minimum Gasteiger partial charge on any atom is -0.461 e. The Balaban J connectivity index is 1.87. The van der Waals surface area contributed by atoms with E-state index in [1.807, 2.05) is 13.0 Å². The Kier molecular flexibility index (Phi) is 15.7. The minimum atomic E-state index is -1.68. The lowest BCUT2D eigenvalue weighted by Crippen LogP contribution is -2.52. The van der Waals surface area contributed by atoms with Gasteiger partial charge in [0.2, 0.25) is 5.78 Å². The quantitative estimate of drug-likeness (QED) is 0.142. The van der Waals surface area contributed by atoms with Crippen LogP contribution in [0.1, 0.15) is 83.6 Å². The van der Waals surface area contributed by atoms with Crippen LogP contribution in [0.15, 0.2) is 48.8 Å². The van der Waals surface area contributed by atoms with E-state index in [-0.39, 0.29) is 44.1 Å². The molecule has 1 saturated heterocycles. The molecule has 3 heterocycles. The van der Waals surface area contributed by atoms with Gasteiger partial charge in [-0.15, -0.1) is 6.58 Å². The average molecular weight is 697 g/mol. The van der Waals surface area contributed by atoms with Gasteiger partial charge in [0.05, 0.1) is 13.0 Å². The standard InChI is InChI=1S/C36H44N2O12/c1-4-8-26-21-23(2)17-20-47-36(46)49-31(41)16-14-29(40)34(44)50-35(45)32(42)38-19-6-5-10-27(38)33(43)48-30(24(3)11-13-28(26)39)15-12-25-9-7-18-37-22-25/h4,7,9,18,21-22,24,26-27,30H,1,5-6,8,10-17,19-20H2,2-3H3/b23-21+/t24-,26?,27+,30-/m1/s1. The number of aryl methyl sites for hydroxylation is 1. The zero-order valence-electron chi connectivity index (χ0n) is 28.5. The lowest BCUT2D eigenvalue weighted by atomic mass is 9.88. The Morgan fingerprint density at radius 2 is 1.74 bits per heavy atom. The first kappa shape index (κ1) is 39.4. The zero-order valence-corrected chi connectivity index (χ0v) is 28.5. The number of piperidine rings is 1. The topological polar surface area (TPSA) is 190 Å². The fraction of sp³-hybridized carbons (Fsp3) is 0.528. The molecule has 3 rings (SSSR count). The van der Waals surface area contributed by atoms with Crippen molar-refractivity contribution in [2.45, 2.75) is 96.6 Å². The Hall–Kier alpha value is -5.01. The Morgan fingerprint density at radius 3 is 2.46 bits per heavy atom. The summed E-state index contributed by atoms with van der Waals surface area (Å²) >= 11 is 0. The van der Waals surface area contributed by atoms with E-state index >= 15 is 0 Å². The molecular formula is C36H44N2O12. The molecule has 0 radical (unpaired) electrons. The van der Waals surface area contributed by atoms with Gasteiger partial charge in [0, 0.05) is 44.1 Å². The zero-order chi connectivity index (χ0) is 36.6. The van der Waals surface area contributed by atoms with Crippen molar-refractivity contribution in [3.8, 4) is 0 Å². The number of fused-ring (bicyclic) bond motifs is 1. The van der Waals surface area contributed by atoms with Crippen molar-refractivity contribution >= 4 is 47.5 Å². The summed E-state index contributed by atoms with van der Waals surface area (Å²) in [5.41, 5.74) is 1.66. The third kappa shape index (κ3) is 12.5. The Morgan fingerprint density at radius 1 is 0.960 bits per heavy atom. The molecule has 14 heteroatoms. The second-order valence-corrected chi connectivity index (χ2v) is 12.4. The fourth-order valence-electron chi connectivity index (χ4n) is 5.69. The van der Waals surface area contributed by atoms with Crippen LogP contribution in [-0.2, 0) is 58.9 Å². The number of pyridine rings is 1. The third-order valence-electron chi connectivity index (χ3n) is 8.60. The number of amides is 1. The first-order chi connectivity index (χ1) is 23.9. The highest BCUT2D eigenvalue weighted by atomic mass is 16.7. The highest BCUT2D eigenvalue weighted by Gasteiger charge is 2.39. The molecule has 0 spiro atoms. The maximum Gasteiger partial charge on any atom is 0.516 e. The fourth-order valence-corrected chi connectivity index (χ4v) is 5.69. The van der Waals surface area contributed by atoms with E-state index in [1.165, 1.54) is 0 Å². The second kappa shape index (κ2) is 19.9. The highest BCUT2D eigenvalue weighted by Crippen LogP contribution is 2.26. The summed E-state index contributed by atoms with van der Waals surface area (Å²) in [6, 6.07) is 2.53. The molecule has 2 aliphatic rings. The molecule has 0 saturated carbocycles. The predicted octanol–water partition coefficient (Wildman–Crippen LogP) is 3.93. The number of carbonyl (C=O) groups excluding carboxylic acids is 8. The monoisotopic (exact) mass is 696 g/mol. The van der Waals surface area contributed by atoms with Crippen molar-refractivity contribution < 1.29 is 57.3 Å². The number of hydrogen-bond acceptors (Lipinski definition) is 13. The van der Waals surface area contributed by atoms with Gasteiger partial charge in [-0.2, -0.15) is 0 Å². The SMILES string of the molecule is C=CCC1/C=C(\C)CCOC(=O)OC(=O)CCC(=O)C(=O)OC(=O)C(=O)N2CCCC[C@H]2C(=O)O[C@H](CCc2cccnc2)[C@H](C)CCC1=O. The maximum atomic E-state index is 13.6. The maximum absolute atomic E-state index is 13.6. The van der Waals surface area contributed by atoms with Crippen LogP contribution in [0.5, 0.6) is 0 Å². The van der Waals surface area contributed by atoms with Crippen LogP contribution in [0.3, 0.4) is 0 Å². The molecule has 1 unspecified atom stereocenters. The summed E-state index contributed by atoms with van der Waals surface area (Å²) in [4.78, 5) is 106. The van der Waals surface area contributed by atoms with Crippen LogP contribution in [-0.4, -0.2) is 82.7 Å². The summed E-state index contributed by atoms with van der Waals surface area (Å²) in [5, 5.41) is 0. The molecule has 14 nitrogen and oxygen atoms in total. The van der Waals surface area contributed by atoms with Gasteiger partial charge in [-0.25, -0.2) is 19.2 Å². The number of allylic oxidation sites excluding steroid dienone is 2. The molecule has 0 aliphatic carbocycles. The van der Waals surface area contributed by atoms with Crippen molar-refractivity contribution in [2.24, 2.45) is 11.8 Å². The van der Waals surface area contributed by atoms with Crippen LogP contribution in [0.25, 0.3) is 0 Å². The van der Waals surface area contributed by atoms with E-state index in [0.29, 0.717) is 38.5 Å². The van der Waals surface area contributed by atoms with Crippen molar-refractivity contribution in [2.75, 3.05) is 13.2 Å². The lowest BCUT2D eigenvalue weighted by molar-refractivity contribution is -0.174. The first-order valence-corrected chi connectivity index (χ1v) is 16.8. The Labute approximate surface area is 290 Å². The van der Waals surface area contributed by atoms with E-state index in [1.54, 1.807) is 37.5 Å². The molecule has 270 valence electrons. The number of ether oxygens (including phenoxy) is 4. The summed E-state index contributed by atoms with van der Waals surface area (Å²) in [6.45, 7) is 7.23. The van der Waals surface area contributed by atoms with Gasteiger partial charge in [0.15, 0.2) is 0 Å². The second-order valence-electron chi connectivity index (χ2n) is 12.4. The van der Waals surface area contributed by atoms with Crippen molar-refractivity contribution in [3.05, 3.63) is 54.4 Å². The number of cyclic esters (lactones) is 6. The molecule has 1 aromatic rings. The smallest absolute Gasteiger partial charge is 0.461 e. The highest BCUT2D eigenvalue weighted by molar-refractivity contribution is 6.41. The molecule has 2 aliphatic heterocycles. The minimum absolute atomic E-state index is 0.000188. The predicted molar refractivity (Wildman–Crippen MR) is 175 cm³/mol. The van der Waals surface area contributed by atoms with Crippen LogP contribution >= 0.6 is 0 Å². The van der Waals surface area contributed by atoms with Crippen molar-refractivity contribution in [1.82, 2.24) is 9.88 Å². The van der Waals surface area contributed by atoms with Crippen molar-refractivity contribution in [1.29, 1.82) is 0 Å². The van der Waals surface area contributed by atoms with Gasteiger partial charge in [-0.05, 0) is 69.4 Å². The Bertz CT molecular complexity index is 1470. The van der Waals surface area contributed by atoms with E-state index < -0.39 is 72.6 Å². The van der Waals surface area contributed by atoms with E-state index in [4.69, 9.17) is 9.47 Å². The summed E-state index contributed by atoms with van der Waals surface area (Å²) < 4.78 is 19.9. The normalized spacial score (nSPS) is 25.8. The van der Waals surface area contributed by atoms with Crippen LogP contribution < -0.4 is 0 Å². The largest absolute Gasteiger partial charge is 0.516 e. The number of ketones is 2. The molecule has 4 atom stereocenters. The number of carbonyl (C=O) groups is 8. The van der Waals surface area contributed by atoms with Crippen molar-refractivity contribution in [3.63, 3.8) is 0 Å². The van der Waals surface area contributed by atoms with E-state index in [2.05, 4.69) is 21.0 Å². The number of rotatable bonds is 5. The van der Waals surface area contributed by atoms with Gasteiger partial charge in [-0.1, -0.05) is 30.7 Å². The number of nitrogens with zero attached hydrogens (tertiary/aromatic N) is 2. The summed E-state index contributed by atoms with van der Waals surface area (Å²) in [5.74, 6) is -8.73. The van der Waals surface area contributed by atoms with Gasteiger partial charge >= 0.3 is 35.9 Å². The first-order valence-electron chi connectivity index (χ1n) is 16.8. The van der Waals surface area contributed by atoms with E-state index in [0.717, 1.165) is 16.0 Å². The molecule has 50 heavy (non-hydrogen) atoms. The number of hydrogen-bond donors (Lipinski definition) is 0. The molecule has 1 aromatic heterocycles. The molecular weight excluding hydrogens is 652 g/mol. The molecule has 0 bridgehead atoms. The van der Waals surface area contributed by atoms with E-state index in [9.17, 15) is 38.4 Å². The molecule has 0 N–H and O–H groups in total. The van der Waals surface area contributed by atoms with Gasteiger partial charge in [0.1, 0.15) is 17.9 Å². The summed E-state index contributed by atoms with van der Waals surface area (Å²) in [6.07, 6.45) is 6.57. The summed E-state index contributed by atoms with van der Waals surface area (Å²) in [7, 11) is 0. The van der Waals surface area contributed by atoms with Gasteiger partial charge in [-0.3, -0.25) is 24.2 Å². The van der Waals surface area contributed by atoms with Gasteiger partial charge < -0.3 is 23.8 Å². The average Bonchev–Trinajstić information content (AvgIpc) is 3.10. The van der Waals surface area contributed by atoms with Crippen LogP contribution in [0.4, 0.5) is 4.79 Å². The number of esters is 4. The molecule has 1 amide bonds. The van der Waals surface area contributed by atoms with Crippen LogP contribution in [0.2, 0.25) is 0 Å². The molecule has 0 aromatic carbocycles. The van der Waals surface area contributed by atoms with Crippen LogP contribution in [0, 0.1) is 11.8 Å².